The fourth-order valence-corrected chi connectivity index (χ4v) is 0.975. The van der Waals surface area contributed by atoms with Crippen molar-refractivity contribution in [2.24, 2.45) is 5.84 Å². The lowest BCUT2D eigenvalue weighted by atomic mass is 10.2. The fraction of sp³-hybridized carbons (Fsp3) is 0. The van der Waals surface area contributed by atoms with Crippen molar-refractivity contribution in [3.63, 3.8) is 0 Å². The van der Waals surface area contributed by atoms with E-state index in [1.807, 2.05) is 0 Å². The smallest absolute Gasteiger partial charge is 0.0985 e. The van der Waals surface area contributed by atoms with Gasteiger partial charge < -0.3 is 28.4 Å². The van der Waals surface area contributed by atoms with Gasteiger partial charge in [-0.05, 0) is 6.07 Å². The van der Waals surface area contributed by atoms with Crippen LogP contribution in [0.2, 0.25) is 0 Å². The maximum atomic E-state index is 5.63. The average Bonchev–Trinajstić information content (AvgIpc) is 2.09. The van der Waals surface area contributed by atoms with Crippen LogP contribution in [0.25, 0.3) is 0 Å². The molecule has 0 saturated carbocycles. The Morgan fingerprint density at radius 3 is 2.08 bits per heavy atom. The van der Waals surface area contributed by atoms with Crippen molar-refractivity contribution in [3.8, 4) is 0 Å². The maximum Gasteiger partial charge on any atom is 0.0985 e. The molecule has 0 aliphatic rings. The van der Waals surface area contributed by atoms with E-state index in [-0.39, 0.29) is 11.4 Å². The van der Waals surface area contributed by atoms with Crippen LogP contribution in [0, 0.1) is 0 Å². The summed E-state index contributed by atoms with van der Waals surface area (Å²) in [6.07, 6.45) is 0. The normalized spacial score (nSPS) is 9.92. The number of nitrogens with one attached hydrogen (secondary N) is 2. The number of benzene rings is 1. The molecule has 0 saturated heterocycles. The molecule has 0 aliphatic carbocycles. The molecule has 0 aliphatic heterocycles. The van der Waals surface area contributed by atoms with E-state index in [4.69, 9.17) is 28.8 Å². The summed E-state index contributed by atoms with van der Waals surface area (Å²) in [4.78, 5) is 0. The molecule has 0 fully saturated rings. The molecular formula is C6H13N7. The van der Waals surface area contributed by atoms with Gasteiger partial charge in [0.2, 0.25) is 0 Å². The van der Waals surface area contributed by atoms with E-state index in [0.29, 0.717) is 17.1 Å². The molecule has 1 aromatic carbocycles. The summed E-state index contributed by atoms with van der Waals surface area (Å²) < 4.78 is 0. The standard InChI is InChI=1S/C6H13N7/c7-2-1-3(8)6(12-13-11)5(10)4(2)9/h1,12-13H,7-11H2. The van der Waals surface area contributed by atoms with E-state index in [1.54, 1.807) is 0 Å². The number of nitrogen functional groups attached to an aromatic ring is 4. The molecule has 0 unspecified atom stereocenters. The molecule has 7 heteroatoms. The molecule has 12 N–H and O–H groups in total. The molecule has 72 valence electrons. The number of anilines is 5. The van der Waals surface area contributed by atoms with Gasteiger partial charge in [-0.2, -0.15) is 5.53 Å². The zero-order valence-corrected chi connectivity index (χ0v) is 6.96. The SMILES string of the molecule is NNNc1c(N)cc(N)c(N)c1N. The van der Waals surface area contributed by atoms with Crippen LogP contribution < -0.4 is 39.7 Å². The summed E-state index contributed by atoms with van der Waals surface area (Å²) in [6, 6.07) is 1.51. The number of rotatable bonds is 2. The number of hydrazine groups is 2. The molecule has 1 aromatic rings. The minimum Gasteiger partial charge on any atom is -0.397 e. The van der Waals surface area contributed by atoms with Gasteiger partial charge in [-0.3, -0.25) is 5.84 Å². The third-order valence-electron chi connectivity index (χ3n) is 1.67. The van der Waals surface area contributed by atoms with E-state index in [9.17, 15) is 0 Å². The van der Waals surface area contributed by atoms with Crippen LogP contribution in [0.4, 0.5) is 28.4 Å². The first-order valence-corrected chi connectivity index (χ1v) is 3.52. The molecule has 1 rings (SSSR count). The minimum absolute atomic E-state index is 0.274. The van der Waals surface area contributed by atoms with Crippen molar-refractivity contribution >= 4 is 28.4 Å². The highest BCUT2D eigenvalue weighted by Gasteiger charge is 2.09. The molecule has 0 amide bonds. The van der Waals surface area contributed by atoms with Gasteiger partial charge in [0.25, 0.3) is 0 Å². The third-order valence-corrected chi connectivity index (χ3v) is 1.67. The monoisotopic (exact) mass is 183 g/mol. The van der Waals surface area contributed by atoms with E-state index in [2.05, 4.69) is 11.0 Å². The first kappa shape index (κ1) is 9.23. The van der Waals surface area contributed by atoms with Crippen LogP contribution >= 0.6 is 0 Å². The molecule has 0 radical (unpaired) electrons. The largest absolute Gasteiger partial charge is 0.397 e. The van der Waals surface area contributed by atoms with Crippen molar-refractivity contribution in [3.05, 3.63) is 6.07 Å². The lowest BCUT2D eigenvalue weighted by Crippen LogP contribution is -2.29. The van der Waals surface area contributed by atoms with Crippen LogP contribution in [0.5, 0.6) is 0 Å². The Balaban J connectivity index is 3.26. The fourth-order valence-electron chi connectivity index (χ4n) is 0.975. The second-order valence-electron chi connectivity index (χ2n) is 2.53. The zero-order chi connectivity index (χ0) is 10.0. The Bertz CT molecular complexity index is 321. The Morgan fingerprint density at radius 1 is 0.923 bits per heavy atom. The molecular weight excluding hydrogens is 170 g/mol. The van der Waals surface area contributed by atoms with Crippen LogP contribution in [-0.4, -0.2) is 0 Å². The van der Waals surface area contributed by atoms with Crippen molar-refractivity contribution in [2.45, 2.75) is 0 Å². The second-order valence-corrected chi connectivity index (χ2v) is 2.53. The van der Waals surface area contributed by atoms with E-state index < -0.39 is 0 Å². The van der Waals surface area contributed by atoms with Crippen LogP contribution in [0.15, 0.2) is 6.07 Å². The maximum absolute atomic E-state index is 5.63. The molecule has 0 spiro atoms. The van der Waals surface area contributed by atoms with Gasteiger partial charge in [0.1, 0.15) is 0 Å². The second kappa shape index (κ2) is 3.25. The van der Waals surface area contributed by atoms with E-state index in [1.165, 1.54) is 6.07 Å². The van der Waals surface area contributed by atoms with Gasteiger partial charge in [-0.1, -0.05) is 0 Å². The summed E-state index contributed by atoms with van der Waals surface area (Å²) in [6.45, 7) is 0. The predicted molar refractivity (Wildman–Crippen MR) is 55.0 cm³/mol. The first-order chi connectivity index (χ1) is 6.07. The van der Waals surface area contributed by atoms with Crippen LogP contribution in [-0.2, 0) is 0 Å². The van der Waals surface area contributed by atoms with Crippen molar-refractivity contribution < 1.29 is 0 Å². The summed E-state index contributed by atoms with van der Waals surface area (Å²) in [5.74, 6) is 5.04. The van der Waals surface area contributed by atoms with Crippen molar-refractivity contribution in [1.29, 1.82) is 0 Å². The van der Waals surface area contributed by atoms with Gasteiger partial charge in [-0.15, -0.1) is 0 Å². The predicted octanol–water partition coefficient (Wildman–Crippen LogP) is -1.19. The number of hydrogen-bond donors (Lipinski definition) is 7. The summed E-state index contributed by atoms with van der Waals surface area (Å²) in [5, 5.41) is 0. The summed E-state index contributed by atoms with van der Waals surface area (Å²) in [5.41, 5.74) is 28.8. The van der Waals surface area contributed by atoms with Gasteiger partial charge in [0.15, 0.2) is 0 Å². The van der Waals surface area contributed by atoms with E-state index in [0.717, 1.165) is 0 Å². The molecule has 0 atom stereocenters. The van der Waals surface area contributed by atoms with Gasteiger partial charge in [0.05, 0.1) is 28.4 Å². The Hall–Kier alpha value is -1.86. The first-order valence-electron chi connectivity index (χ1n) is 3.52. The quantitative estimate of drug-likeness (QED) is 0.173. The Labute approximate surface area is 75.2 Å². The average molecular weight is 183 g/mol. The summed E-state index contributed by atoms with van der Waals surface area (Å²) in [7, 11) is 0. The Morgan fingerprint density at radius 2 is 1.54 bits per heavy atom. The molecule has 0 bridgehead atoms. The lowest BCUT2D eigenvalue weighted by Gasteiger charge is -2.14. The van der Waals surface area contributed by atoms with Crippen LogP contribution in [0.3, 0.4) is 0 Å². The number of hydrogen-bond acceptors (Lipinski definition) is 7. The van der Waals surface area contributed by atoms with Crippen molar-refractivity contribution in [2.75, 3.05) is 28.4 Å². The Kier molecular flexibility index (Phi) is 2.31. The van der Waals surface area contributed by atoms with Gasteiger partial charge in [0, 0.05) is 0 Å². The molecule has 13 heavy (non-hydrogen) atoms. The summed E-state index contributed by atoms with van der Waals surface area (Å²) >= 11 is 0. The topological polar surface area (TPSA) is 154 Å². The zero-order valence-electron chi connectivity index (χ0n) is 6.96. The van der Waals surface area contributed by atoms with Crippen molar-refractivity contribution in [1.82, 2.24) is 5.53 Å². The van der Waals surface area contributed by atoms with Crippen LogP contribution in [0.1, 0.15) is 0 Å². The third kappa shape index (κ3) is 1.50. The van der Waals surface area contributed by atoms with E-state index >= 15 is 0 Å². The number of nitrogens with two attached hydrogens (primary N) is 5. The molecule has 7 nitrogen and oxygen atoms in total. The lowest BCUT2D eigenvalue weighted by molar-refractivity contribution is 0.877. The highest BCUT2D eigenvalue weighted by atomic mass is 15.5. The van der Waals surface area contributed by atoms with Gasteiger partial charge >= 0.3 is 0 Å². The van der Waals surface area contributed by atoms with Gasteiger partial charge in [-0.25, -0.2) is 0 Å². The highest BCUT2D eigenvalue weighted by Crippen LogP contribution is 2.35. The highest BCUT2D eigenvalue weighted by molar-refractivity contribution is 5.94. The molecule has 0 aromatic heterocycles. The minimum atomic E-state index is 0.274. The molecule has 0 heterocycles.